The molecule has 1 N–H and O–H groups in total. The Balaban J connectivity index is 0.000000606. The van der Waals surface area contributed by atoms with Crippen LogP contribution in [0, 0.1) is 5.41 Å². The summed E-state index contributed by atoms with van der Waals surface area (Å²) in [5.74, 6) is 0. The molecule has 0 aromatic rings. The zero-order chi connectivity index (χ0) is 12.0. The molecule has 1 aliphatic heterocycles. The van der Waals surface area contributed by atoms with Gasteiger partial charge in [0.25, 0.3) is 0 Å². The minimum absolute atomic E-state index is 0.205. The predicted molar refractivity (Wildman–Crippen MR) is 65.0 cm³/mol. The molecule has 0 radical (unpaired) electrons. The molecule has 1 saturated carbocycles. The summed E-state index contributed by atoms with van der Waals surface area (Å²) in [6.07, 6.45) is 4.80. The Kier molecular flexibility index (Phi) is 5.42. The number of nitrogens with zero attached hydrogens (tertiary/aromatic N) is 1. The van der Waals surface area contributed by atoms with Crippen molar-refractivity contribution in [2.75, 3.05) is 26.2 Å². The summed E-state index contributed by atoms with van der Waals surface area (Å²) < 4.78 is 12.2. The van der Waals surface area contributed by atoms with E-state index in [2.05, 4.69) is 4.90 Å². The summed E-state index contributed by atoms with van der Waals surface area (Å²) in [5, 5.41) is 9.19. The monoisotopic (exact) mass is 229 g/mol. The van der Waals surface area contributed by atoms with Crippen LogP contribution in [0.25, 0.3) is 0 Å². The second-order valence-corrected chi connectivity index (χ2v) is 4.70. The van der Waals surface area contributed by atoms with Crippen molar-refractivity contribution in [3.05, 3.63) is 11.9 Å². The number of hydrogen-bond acceptors (Lipinski definition) is 2. The van der Waals surface area contributed by atoms with Gasteiger partial charge < -0.3 is 10.0 Å². The van der Waals surface area contributed by atoms with Crippen molar-refractivity contribution in [1.29, 1.82) is 0 Å². The molecule has 2 aliphatic rings. The molecule has 2 nitrogen and oxygen atoms in total. The molecule has 0 aromatic carbocycles. The number of halogens is 1. The Morgan fingerprint density at radius 1 is 1.31 bits per heavy atom. The van der Waals surface area contributed by atoms with Crippen LogP contribution in [-0.2, 0) is 0 Å². The molecule has 3 heteroatoms. The molecule has 1 saturated heterocycles. The maximum Gasteiger partial charge on any atom is 0.0859 e. The molecule has 0 spiro atoms. The maximum absolute atomic E-state index is 12.2. The summed E-state index contributed by atoms with van der Waals surface area (Å²) in [4.78, 5) is 2.36. The Morgan fingerprint density at radius 3 is 2.25 bits per heavy atom. The van der Waals surface area contributed by atoms with Crippen molar-refractivity contribution < 1.29 is 9.50 Å². The highest BCUT2D eigenvalue weighted by atomic mass is 19.1. The molecular formula is C13H24FNO. The molecular weight excluding hydrogens is 205 g/mol. The summed E-state index contributed by atoms with van der Waals surface area (Å²) in [5.41, 5.74) is 1.15. The maximum atomic E-state index is 12.2. The van der Waals surface area contributed by atoms with E-state index in [4.69, 9.17) is 0 Å². The molecule has 1 aliphatic carbocycles. The van der Waals surface area contributed by atoms with Gasteiger partial charge in [0, 0.05) is 31.7 Å². The van der Waals surface area contributed by atoms with Gasteiger partial charge in [-0.1, -0.05) is 13.8 Å². The summed E-state index contributed by atoms with van der Waals surface area (Å²) >= 11 is 0. The van der Waals surface area contributed by atoms with Crippen molar-refractivity contribution in [1.82, 2.24) is 4.90 Å². The fraction of sp³-hybridized carbons (Fsp3) is 0.846. The Labute approximate surface area is 98.1 Å². The van der Waals surface area contributed by atoms with E-state index in [-0.39, 0.29) is 5.41 Å². The molecule has 1 heterocycles. The number of hydrogen-bond donors (Lipinski definition) is 1. The van der Waals surface area contributed by atoms with Gasteiger partial charge in [0.05, 0.1) is 6.33 Å². The highest BCUT2D eigenvalue weighted by Gasteiger charge is 2.43. The zero-order valence-electron chi connectivity index (χ0n) is 10.5. The van der Waals surface area contributed by atoms with Crippen LogP contribution in [0.4, 0.5) is 4.39 Å². The highest BCUT2D eigenvalue weighted by molar-refractivity contribution is 5.03. The van der Waals surface area contributed by atoms with Crippen LogP contribution >= 0.6 is 0 Å². The smallest absolute Gasteiger partial charge is 0.0859 e. The molecule has 0 bridgehead atoms. The van der Waals surface area contributed by atoms with Crippen molar-refractivity contribution in [3.8, 4) is 0 Å². The van der Waals surface area contributed by atoms with Crippen molar-refractivity contribution >= 4 is 0 Å². The highest BCUT2D eigenvalue weighted by Crippen LogP contribution is 2.45. The van der Waals surface area contributed by atoms with Crippen molar-refractivity contribution in [2.45, 2.75) is 39.5 Å². The average molecular weight is 229 g/mol. The number of rotatable bonds is 3. The van der Waals surface area contributed by atoms with Gasteiger partial charge >= 0.3 is 0 Å². The minimum Gasteiger partial charge on any atom is -0.396 e. The van der Waals surface area contributed by atoms with Crippen molar-refractivity contribution in [3.63, 3.8) is 0 Å². The van der Waals surface area contributed by atoms with Gasteiger partial charge in [-0.25, -0.2) is 4.39 Å². The van der Waals surface area contributed by atoms with Gasteiger partial charge in [0.15, 0.2) is 0 Å². The molecule has 0 unspecified atom stereocenters. The van der Waals surface area contributed by atoms with E-state index in [1.54, 1.807) is 0 Å². The largest absolute Gasteiger partial charge is 0.396 e. The molecule has 94 valence electrons. The van der Waals surface area contributed by atoms with Crippen LogP contribution in [0.3, 0.4) is 0 Å². The molecule has 0 atom stereocenters. The number of aliphatic hydroxyl groups excluding tert-OH is 1. The van der Waals surface area contributed by atoms with Crippen LogP contribution in [-0.4, -0.2) is 36.2 Å². The summed E-state index contributed by atoms with van der Waals surface area (Å²) in [7, 11) is 0. The SMILES string of the molecule is CC.OCC1(CN2CCC(=CF)CC2)CC1. The van der Waals surface area contributed by atoms with Crippen LogP contribution < -0.4 is 0 Å². The van der Waals surface area contributed by atoms with Gasteiger partial charge in [-0.05, 0) is 31.3 Å². The van der Waals surface area contributed by atoms with E-state index in [0.717, 1.165) is 57.2 Å². The van der Waals surface area contributed by atoms with Crippen LogP contribution in [0.5, 0.6) is 0 Å². The lowest BCUT2D eigenvalue weighted by Gasteiger charge is -2.30. The first-order valence-corrected chi connectivity index (χ1v) is 6.39. The number of aliphatic hydroxyl groups is 1. The number of likely N-dealkylation sites (tertiary alicyclic amines) is 1. The van der Waals surface area contributed by atoms with Gasteiger partial charge in [0.2, 0.25) is 0 Å². The van der Waals surface area contributed by atoms with Crippen molar-refractivity contribution in [2.24, 2.45) is 5.41 Å². The van der Waals surface area contributed by atoms with Gasteiger partial charge in [-0.2, -0.15) is 0 Å². The second-order valence-electron chi connectivity index (χ2n) is 4.70. The molecule has 0 amide bonds. The molecule has 2 rings (SSSR count). The third-order valence-corrected chi connectivity index (χ3v) is 3.50. The fourth-order valence-corrected chi connectivity index (χ4v) is 2.12. The van der Waals surface area contributed by atoms with E-state index in [1.807, 2.05) is 13.8 Å². The van der Waals surface area contributed by atoms with Gasteiger partial charge in [-0.15, -0.1) is 0 Å². The first-order valence-electron chi connectivity index (χ1n) is 6.39. The van der Waals surface area contributed by atoms with Crippen LogP contribution in [0.1, 0.15) is 39.5 Å². The van der Waals surface area contributed by atoms with Crippen LogP contribution in [0.2, 0.25) is 0 Å². The summed E-state index contributed by atoms with van der Waals surface area (Å²) in [6, 6.07) is 0. The Hall–Kier alpha value is -0.410. The first kappa shape index (κ1) is 13.7. The van der Waals surface area contributed by atoms with E-state index in [0.29, 0.717) is 6.61 Å². The zero-order valence-corrected chi connectivity index (χ0v) is 10.5. The third kappa shape index (κ3) is 3.56. The third-order valence-electron chi connectivity index (χ3n) is 3.50. The van der Waals surface area contributed by atoms with E-state index in [1.165, 1.54) is 0 Å². The molecule has 2 fully saturated rings. The van der Waals surface area contributed by atoms with Gasteiger partial charge in [-0.3, -0.25) is 0 Å². The fourth-order valence-electron chi connectivity index (χ4n) is 2.12. The standard InChI is InChI=1S/C11H18FNO.C2H6/c12-7-10-1-5-13(6-2-10)8-11(9-14)3-4-11;1-2/h7,14H,1-6,8-9H2;1-2H3. The molecule has 0 aromatic heterocycles. The second kappa shape index (κ2) is 6.36. The first-order chi connectivity index (χ1) is 7.78. The van der Waals surface area contributed by atoms with E-state index in [9.17, 15) is 9.50 Å². The lowest BCUT2D eigenvalue weighted by atomic mass is 10.0. The predicted octanol–water partition coefficient (Wildman–Crippen LogP) is 2.73. The Morgan fingerprint density at radius 2 is 1.88 bits per heavy atom. The minimum atomic E-state index is 0.205. The lowest BCUT2D eigenvalue weighted by Crippen LogP contribution is -2.36. The molecule has 16 heavy (non-hydrogen) atoms. The van der Waals surface area contributed by atoms with E-state index < -0.39 is 0 Å². The average Bonchev–Trinajstić information content (AvgIpc) is 3.13. The summed E-state index contributed by atoms with van der Waals surface area (Å²) in [6.45, 7) is 7.23. The normalized spacial score (nSPS) is 23.4. The van der Waals surface area contributed by atoms with Crippen LogP contribution in [0.15, 0.2) is 11.9 Å². The topological polar surface area (TPSA) is 23.5 Å². The van der Waals surface area contributed by atoms with Gasteiger partial charge in [0.1, 0.15) is 0 Å². The lowest BCUT2D eigenvalue weighted by molar-refractivity contribution is 0.142. The number of piperidine rings is 1. The quantitative estimate of drug-likeness (QED) is 0.804. The Bertz CT molecular complexity index is 226. The van der Waals surface area contributed by atoms with E-state index >= 15 is 0 Å².